The highest BCUT2D eigenvalue weighted by Crippen LogP contribution is 2.21. The molecule has 17 heavy (non-hydrogen) atoms. The summed E-state index contributed by atoms with van der Waals surface area (Å²) in [6.45, 7) is 9.78. The van der Waals surface area contributed by atoms with E-state index in [1.807, 2.05) is 27.7 Å². The van der Waals surface area contributed by atoms with Gasteiger partial charge in [0.25, 0.3) is 0 Å². The van der Waals surface area contributed by atoms with E-state index in [0.717, 1.165) is 5.56 Å². The maximum atomic E-state index is 12.0. The second kappa shape index (κ2) is 8.79. The van der Waals surface area contributed by atoms with Crippen LogP contribution in [0.1, 0.15) is 38.8 Å². The van der Waals surface area contributed by atoms with Crippen molar-refractivity contribution in [2.45, 2.75) is 40.8 Å². The van der Waals surface area contributed by atoms with E-state index in [4.69, 9.17) is 5.41 Å². The molecular weight excluding hydrogens is 227 g/mol. The molecule has 0 unspecified atom stereocenters. The lowest BCUT2D eigenvalue weighted by atomic mass is 10.1. The summed E-state index contributed by atoms with van der Waals surface area (Å²) >= 11 is 0. The molecule has 0 spiro atoms. The second-order valence-electron chi connectivity index (χ2n) is 2.74. The number of hydrogen-bond acceptors (Lipinski definition) is 1. The Kier molecular flexibility index (Phi) is 9.33. The van der Waals surface area contributed by atoms with Crippen LogP contribution in [0, 0.1) is 12.3 Å². The molecule has 0 atom stereocenters. The fraction of sp³-hybridized carbons (Fsp3) is 0.462. The molecule has 0 aromatic heterocycles. The van der Waals surface area contributed by atoms with Crippen LogP contribution in [0.4, 0.5) is 13.2 Å². The molecule has 1 rings (SSSR count). The Morgan fingerprint density at radius 3 is 1.59 bits per heavy atom. The second-order valence-corrected chi connectivity index (χ2v) is 2.74. The molecule has 0 heterocycles. The minimum Gasteiger partial charge on any atom is -0.296 e. The number of halogens is 3. The molecule has 0 radical (unpaired) electrons. The predicted molar refractivity (Wildman–Crippen MR) is 66.8 cm³/mol. The summed E-state index contributed by atoms with van der Waals surface area (Å²) in [5.41, 5.74) is -0.524. The van der Waals surface area contributed by atoms with Crippen molar-refractivity contribution >= 4 is 5.71 Å². The summed E-state index contributed by atoms with van der Waals surface area (Å²) in [4.78, 5) is 0. The van der Waals surface area contributed by atoms with Crippen molar-refractivity contribution < 1.29 is 13.2 Å². The van der Waals surface area contributed by atoms with Crippen LogP contribution in [0.15, 0.2) is 24.3 Å². The summed E-state index contributed by atoms with van der Waals surface area (Å²) < 4.78 is 36.0. The van der Waals surface area contributed by atoms with Gasteiger partial charge in [-0.15, -0.1) is 0 Å². The van der Waals surface area contributed by atoms with Gasteiger partial charge in [-0.1, -0.05) is 57.5 Å². The smallest absolute Gasteiger partial charge is 0.296 e. The number of hydrogen-bond donors (Lipinski definition) is 1. The fourth-order valence-electron chi connectivity index (χ4n) is 0.884. The van der Waals surface area contributed by atoms with Crippen LogP contribution >= 0.6 is 0 Å². The summed E-state index contributed by atoms with van der Waals surface area (Å²) in [5.74, 6) is 0. The topological polar surface area (TPSA) is 23.9 Å². The lowest BCUT2D eigenvalue weighted by Gasteiger charge is -2.07. The van der Waals surface area contributed by atoms with Crippen molar-refractivity contribution in [1.82, 2.24) is 0 Å². The largest absolute Gasteiger partial charge is 0.433 e. The molecule has 0 aliphatic heterocycles. The van der Waals surface area contributed by atoms with Crippen LogP contribution < -0.4 is 0 Å². The van der Waals surface area contributed by atoms with E-state index in [1.54, 1.807) is 19.1 Å². The Balaban J connectivity index is 0. The number of aryl methyl sites for hydroxylation is 1. The Labute approximate surface area is 101 Å². The average Bonchev–Trinajstić information content (AvgIpc) is 2.33. The summed E-state index contributed by atoms with van der Waals surface area (Å²) in [6, 6.07) is 5.70. The Morgan fingerprint density at radius 2 is 1.29 bits per heavy atom. The van der Waals surface area contributed by atoms with Crippen LogP contribution in [0.5, 0.6) is 0 Å². The monoisotopic (exact) mass is 247 g/mol. The Hall–Kier alpha value is -1.32. The van der Waals surface area contributed by atoms with E-state index in [9.17, 15) is 13.2 Å². The van der Waals surface area contributed by atoms with Crippen molar-refractivity contribution in [3.05, 3.63) is 35.4 Å². The Bertz CT molecular complexity index is 312. The lowest BCUT2D eigenvalue weighted by Crippen LogP contribution is -2.22. The fourth-order valence-corrected chi connectivity index (χ4v) is 0.884. The highest BCUT2D eigenvalue weighted by atomic mass is 19.4. The van der Waals surface area contributed by atoms with Gasteiger partial charge in [0, 0.05) is 5.56 Å². The third-order valence-corrected chi connectivity index (χ3v) is 1.62. The molecule has 1 aromatic rings. The van der Waals surface area contributed by atoms with E-state index in [1.165, 1.54) is 12.1 Å². The third kappa shape index (κ3) is 6.76. The highest BCUT2D eigenvalue weighted by molar-refractivity contribution is 6.02. The van der Waals surface area contributed by atoms with Gasteiger partial charge in [-0.25, -0.2) is 0 Å². The molecule has 0 saturated carbocycles. The van der Waals surface area contributed by atoms with E-state index in [0.29, 0.717) is 0 Å². The van der Waals surface area contributed by atoms with Crippen LogP contribution in [0.3, 0.4) is 0 Å². The minimum atomic E-state index is -4.56. The van der Waals surface area contributed by atoms with Crippen molar-refractivity contribution in [2.75, 3.05) is 0 Å². The van der Waals surface area contributed by atoms with Crippen LogP contribution in [0.2, 0.25) is 0 Å². The van der Waals surface area contributed by atoms with E-state index in [-0.39, 0.29) is 5.56 Å². The van der Waals surface area contributed by atoms with Crippen molar-refractivity contribution in [2.24, 2.45) is 0 Å². The number of rotatable bonds is 1. The zero-order valence-corrected chi connectivity index (χ0v) is 10.9. The molecule has 0 aliphatic carbocycles. The van der Waals surface area contributed by atoms with Gasteiger partial charge in [-0.05, 0) is 6.92 Å². The first-order valence-corrected chi connectivity index (χ1v) is 5.64. The number of nitrogens with one attached hydrogen (secondary N) is 1. The van der Waals surface area contributed by atoms with Crippen molar-refractivity contribution in [3.63, 3.8) is 0 Å². The molecular formula is C13H20F3N. The molecule has 4 heteroatoms. The summed E-state index contributed by atoms with van der Waals surface area (Å²) in [7, 11) is 0. The van der Waals surface area contributed by atoms with Gasteiger partial charge in [0.2, 0.25) is 0 Å². The van der Waals surface area contributed by atoms with Gasteiger partial charge in [-0.3, -0.25) is 5.41 Å². The van der Waals surface area contributed by atoms with Gasteiger partial charge < -0.3 is 0 Å². The molecule has 0 aliphatic rings. The molecule has 0 amide bonds. The predicted octanol–water partition coefficient (Wildman–Crippen LogP) is 4.98. The maximum Gasteiger partial charge on any atom is 0.433 e. The minimum absolute atomic E-state index is 0.0990. The number of alkyl halides is 3. The highest BCUT2D eigenvalue weighted by Gasteiger charge is 2.34. The first-order chi connectivity index (χ1) is 7.91. The van der Waals surface area contributed by atoms with Crippen LogP contribution in [-0.2, 0) is 0 Å². The van der Waals surface area contributed by atoms with Crippen LogP contribution in [-0.4, -0.2) is 11.9 Å². The average molecular weight is 247 g/mol. The first-order valence-electron chi connectivity index (χ1n) is 5.64. The van der Waals surface area contributed by atoms with Gasteiger partial charge in [-0.2, -0.15) is 13.2 Å². The van der Waals surface area contributed by atoms with E-state index < -0.39 is 11.9 Å². The number of benzene rings is 1. The quantitative estimate of drug-likeness (QED) is 0.677. The van der Waals surface area contributed by atoms with Gasteiger partial charge in [0.15, 0.2) is 0 Å². The van der Waals surface area contributed by atoms with Gasteiger partial charge in [0.05, 0.1) is 0 Å². The standard InChI is InChI=1S/C9H8F3N.2C2H6/c1-6-2-4-7(5-3-6)8(13)9(10,11)12;2*1-2/h2-5,13H,1H3;2*1-2H3. The van der Waals surface area contributed by atoms with E-state index >= 15 is 0 Å². The zero-order valence-electron chi connectivity index (χ0n) is 10.9. The van der Waals surface area contributed by atoms with Crippen molar-refractivity contribution in [3.8, 4) is 0 Å². The molecule has 0 bridgehead atoms. The first kappa shape index (κ1) is 18.1. The summed E-state index contributed by atoms with van der Waals surface area (Å²) in [6.07, 6.45) is -4.56. The van der Waals surface area contributed by atoms with Crippen molar-refractivity contribution in [1.29, 1.82) is 5.41 Å². The van der Waals surface area contributed by atoms with Gasteiger partial charge >= 0.3 is 6.18 Å². The molecule has 0 saturated heterocycles. The Morgan fingerprint density at radius 1 is 0.941 bits per heavy atom. The SMILES string of the molecule is CC.CC.Cc1ccc(C(=N)C(F)(F)F)cc1. The third-order valence-electron chi connectivity index (χ3n) is 1.62. The molecule has 0 fully saturated rings. The van der Waals surface area contributed by atoms with E-state index in [2.05, 4.69) is 0 Å². The zero-order chi connectivity index (χ0) is 14.1. The molecule has 1 nitrogen and oxygen atoms in total. The summed E-state index contributed by atoms with van der Waals surface area (Å²) in [5, 5.41) is 6.83. The van der Waals surface area contributed by atoms with Crippen LogP contribution in [0.25, 0.3) is 0 Å². The maximum absolute atomic E-state index is 12.0. The molecule has 98 valence electrons. The molecule has 1 N–H and O–H groups in total. The van der Waals surface area contributed by atoms with Gasteiger partial charge in [0.1, 0.15) is 5.71 Å². The lowest BCUT2D eigenvalue weighted by molar-refractivity contribution is -0.0587. The normalized spacial score (nSPS) is 9.41. The molecule has 1 aromatic carbocycles.